The van der Waals surface area contributed by atoms with Gasteiger partial charge in [0.15, 0.2) is 9.84 Å². The minimum absolute atomic E-state index is 0. The van der Waals surface area contributed by atoms with Gasteiger partial charge in [-0.1, -0.05) is 43.3 Å². The van der Waals surface area contributed by atoms with Gasteiger partial charge in [-0.2, -0.15) is 5.26 Å². The topological polar surface area (TPSA) is 99.1 Å². The largest absolute Gasteiger partial charge is 0.339 e. The molecule has 2 fully saturated rings. The van der Waals surface area contributed by atoms with Crippen LogP contribution in [0.5, 0.6) is 0 Å². The van der Waals surface area contributed by atoms with E-state index in [4.69, 9.17) is 0 Å². The zero-order chi connectivity index (χ0) is 22.0. The first-order valence-corrected chi connectivity index (χ1v) is 12.4. The molecule has 7 heteroatoms. The Morgan fingerprint density at radius 2 is 1.81 bits per heavy atom. The molecule has 2 aromatic carbocycles. The van der Waals surface area contributed by atoms with E-state index in [9.17, 15) is 18.5 Å². The van der Waals surface area contributed by atoms with Crippen LogP contribution in [0.4, 0.5) is 0 Å². The maximum absolute atomic E-state index is 12.6. The quantitative estimate of drug-likeness (QED) is 0.687. The second-order valence-electron chi connectivity index (χ2n) is 8.43. The molecule has 0 aromatic heterocycles. The van der Waals surface area contributed by atoms with Gasteiger partial charge in [0.25, 0.3) is 0 Å². The fourth-order valence-electron chi connectivity index (χ4n) is 4.63. The number of carbonyl (C=O) groups is 1. The molecule has 2 aliphatic rings. The van der Waals surface area contributed by atoms with Crippen LogP contribution in [0.2, 0.25) is 0 Å². The summed E-state index contributed by atoms with van der Waals surface area (Å²) in [5.41, 5.74) is 2.85. The molecular formula is C24H31N3O3S. The van der Waals surface area contributed by atoms with Crippen LogP contribution in [0.15, 0.2) is 53.4 Å². The van der Waals surface area contributed by atoms with Crippen molar-refractivity contribution in [1.82, 2.24) is 10.6 Å². The van der Waals surface area contributed by atoms with Crippen molar-refractivity contribution in [1.29, 1.82) is 5.26 Å². The maximum atomic E-state index is 12.6. The average molecular weight is 442 g/mol. The van der Waals surface area contributed by atoms with Crippen molar-refractivity contribution < 1.29 is 16.1 Å². The fourth-order valence-corrected chi connectivity index (χ4v) is 5.52. The van der Waals surface area contributed by atoms with Crippen LogP contribution in [-0.4, -0.2) is 38.2 Å². The Kier molecular flexibility index (Phi) is 6.12. The lowest BCUT2D eigenvalue weighted by atomic mass is 9.98. The Morgan fingerprint density at radius 3 is 2.32 bits per heavy atom. The van der Waals surface area contributed by atoms with E-state index >= 15 is 0 Å². The Balaban J connectivity index is 0.00000193. The van der Waals surface area contributed by atoms with Gasteiger partial charge < -0.3 is 10.6 Å². The molecule has 4 atom stereocenters. The van der Waals surface area contributed by atoms with Gasteiger partial charge in [-0.3, -0.25) is 4.79 Å². The molecule has 1 amide bonds. The molecule has 1 saturated heterocycles. The average Bonchev–Trinajstić information content (AvgIpc) is 3.43. The molecule has 1 heterocycles. The lowest BCUT2D eigenvalue weighted by Gasteiger charge is -2.23. The summed E-state index contributed by atoms with van der Waals surface area (Å²) in [6.07, 6.45) is 3.72. The Morgan fingerprint density at radius 1 is 1.16 bits per heavy atom. The first-order valence-electron chi connectivity index (χ1n) is 10.8. The van der Waals surface area contributed by atoms with Gasteiger partial charge in [0, 0.05) is 15.3 Å². The number of benzene rings is 2. The number of amides is 1. The first-order chi connectivity index (χ1) is 14.9. The molecule has 2 bridgehead atoms. The zero-order valence-corrected chi connectivity index (χ0v) is 18.4. The van der Waals surface area contributed by atoms with Gasteiger partial charge in [0.2, 0.25) is 5.91 Å². The van der Waals surface area contributed by atoms with Crippen LogP contribution in [0, 0.1) is 17.2 Å². The number of carbonyl (C=O) groups excluding carboxylic acids is 1. The summed E-state index contributed by atoms with van der Waals surface area (Å²) in [7, 11) is -3.21. The van der Waals surface area contributed by atoms with Crippen molar-refractivity contribution in [2.24, 2.45) is 5.92 Å². The number of sulfone groups is 1. The first kappa shape index (κ1) is 21.5. The van der Waals surface area contributed by atoms with E-state index in [1.807, 2.05) is 24.3 Å². The Hall–Kier alpha value is -2.69. The molecule has 31 heavy (non-hydrogen) atoms. The van der Waals surface area contributed by atoms with E-state index in [0.717, 1.165) is 36.0 Å². The highest BCUT2D eigenvalue weighted by Crippen LogP contribution is 2.35. The van der Waals surface area contributed by atoms with E-state index in [1.165, 1.54) is 0 Å². The SMILES string of the molecule is CCS(=O)(=O)c1ccc(-c2ccc(C[C@@H](C#N)NC(=O)[C@H]3N[C@@H]4CC[C@H]3C4)cc2)cc1.[HH].[HH]. The second-order valence-corrected chi connectivity index (χ2v) is 10.7. The molecule has 4 rings (SSSR count). The van der Waals surface area contributed by atoms with Crippen molar-refractivity contribution >= 4 is 15.7 Å². The highest BCUT2D eigenvalue weighted by Gasteiger charge is 2.43. The summed E-state index contributed by atoms with van der Waals surface area (Å²) in [5, 5.41) is 15.8. The summed E-state index contributed by atoms with van der Waals surface area (Å²) in [6.45, 7) is 1.63. The van der Waals surface area contributed by atoms with Gasteiger partial charge in [-0.15, -0.1) is 0 Å². The second kappa shape index (κ2) is 8.81. The van der Waals surface area contributed by atoms with Gasteiger partial charge in [0.05, 0.1) is 22.8 Å². The molecule has 0 radical (unpaired) electrons. The number of rotatable bonds is 7. The molecule has 6 nitrogen and oxygen atoms in total. The third-order valence-electron chi connectivity index (χ3n) is 6.44. The molecule has 166 valence electrons. The number of piperidine rings is 1. The Bertz CT molecular complexity index is 1100. The van der Waals surface area contributed by atoms with Crippen molar-refractivity contribution in [3.05, 3.63) is 54.1 Å². The molecule has 1 saturated carbocycles. The summed E-state index contributed by atoms with van der Waals surface area (Å²) < 4.78 is 23.9. The van der Waals surface area contributed by atoms with Crippen LogP contribution < -0.4 is 10.6 Å². The molecule has 0 unspecified atom stereocenters. The highest BCUT2D eigenvalue weighted by molar-refractivity contribution is 7.91. The third-order valence-corrected chi connectivity index (χ3v) is 8.19. The number of hydrogen-bond donors (Lipinski definition) is 2. The lowest BCUT2D eigenvalue weighted by molar-refractivity contribution is -0.124. The fraction of sp³-hybridized carbons (Fsp3) is 0.417. The summed E-state index contributed by atoms with van der Waals surface area (Å²) in [4.78, 5) is 12.9. The van der Waals surface area contributed by atoms with Gasteiger partial charge in [-0.25, -0.2) is 8.42 Å². The predicted molar refractivity (Wildman–Crippen MR) is 123 cm³/mol. The minimum atomic E-state index is -3.21. The predicted octanol–water partition coefficient (Wildman–Crippen LogP) is 3.33. The van der Waals surface area contributed by atoms with E-state index < -0.39 is 15.9 Å². The van der Waals surface area contributed by atoms with Crippen LogP contribution in [0.3, 0.4) is 0 Å². The molecular weight excluding hydrogens is 410 g/mol. The van der Waals surface area contributed by atoms with Crippen molar-refractivity contribution in [3.63, 3.8) is 0 Å². The normalized spacial score (nSPS) is 23.3. The lowest BCUT2D eigenvalue weighted by Crippen LogP contribution is -2.50. The van der Waals surface area contributed by atoms with E-state index in [0.29, 0.717) is 23.3 Å². The third kappa shape index (κ3) is 4.65. The van der Waals surface area contributed by atoms with E-state index in [2.05, 4.69) is 16.7 Å². The van der Waals surface area contributed by atoms with Crippen LogP contribution in [0.1, 0.15) is 34.6 Å². The number of nitrogens with one attached hydrogen (secondary N) is 2. The number of nitrogens with zero attached hydrogens (tertiary/aromatic N) is 1. The zero-order valence-electron chi connectivity index (χ0n) is 17.5. The minimum Gasteiger partial charge on any atom is -0.339 e. The number of hydrogen-bond acceptors (Lipinski definition) is 5. The number of fused-ring (bicyclic) bond motifs is 2. The van der Waals surface area contributed by atoms with Crippen molar-refractivity contribution in [2.45, 2.75) is 55.6 Å². The molecule has 1 aliphatic heterocycles. The monoisotopic (exact) mass is 441 g/mol. The summed E-state index contributed by atoms with van der Waals surface area (Å²) >= 11 is 0. The smallest absolute Gasteiger partial charge is 0.238 e. The number of nitriles is 1. The standard InChI is InChI=1S/C24H27N3O3S.2H2/c1-2-31(29,30)22-11-8-18(9-12-22)17-5-3-16(4-6-17)13-21(15-25)27-24(28)23-19-7-10-20(14-19)26-23;;/h3-6,8-9,11-12,19-21,23,26H,2,7,10,13-14H2,1H3,(H,27,28);2*1H/t19-,20+,21-,23-;;/m0../s1. The van der Waals surface area contributed by atoms with Crippen molar-refractivity contribution in [3.8, 4) is 17.2 Å². The maximum Gasteiger partial charge on any atom is 0.238 e. The van der Waals surface area contributed by atoms with Crippen LogP contribution in [-0.2, 0) is 21.1 Å². The van der Waals surface area contributed by atoms with Gasteiger partial charge in [0.1, 0.15) is 6.04 Å². The van der Waals surface area contributed by atoms with Crippen molar-refractivity contribution in [2.75, 3.05) is 5.75 Å². The Labute approximate surface area is 186 Å². The molecule has 2 aromatic rings. The summed E-state index contributed by atoms with van der Waals surface area (Å²) in [5.74, 6) is 0.398. The molecule has 0 spiro atoms. The summed E-state index contributed by atoms with van der Waals surface area (Å²) in [6, 6.07) is 16.6. The molecule has 1 aliphatic carbocycles. The van der Waals surface area contributed by atoms with Crippen LogP contribution in [0.25, 0.3) is 11.1 Å². The van der Waals surface area contributed by atoms with E-state index in [-0.39, 0.29) is 20.6 Å². The molecule has 2 N–H and O–H groups in total. The van der Waals surface area contributed by atoms with Gasteiger partial charge >= 0.3 is 0 Å². The highest BCUT2D eigenvalue weighted by atomic mass is 32.2. The van der Waals surface area contributed by atoms with E-state index in [1.54, 1.807) is 31.2 Å². The van der Waals surface area contributed by atoms with Gasteiger partial charge in [-0.05, 0) is 54.0 Å². The van der Waals surface area contributed by atoms with Crippen LogP contribution >= 0.6 is 0 Å².